The van der Waals surface area contributed by atoms with Crippen molar-refractivity contribution in [2.45, 2.75) is 32.1 Å². The van der Waals surface area contributed by atoms with Gasteiger partial charge in [-0.3, -0.25) is 0 Å². The zero-order chi connectivity index (χ0) is 13.5. The number of rotatable bonds is 6. The van der Waals surface area contributed by atoms with Gasteiger partial charge in [0.1, 0.15) is 0 Å². The Hall–Kier alpha value is -1.63. The van der Waals surface area contributed by atoms with Gasteiger partial charge in [-0.2, -0.15) is 15.0 Å². The van der Waals surface area contributed by atoms with Crippen molar-refractivity contribution >= 4 is 17.8 Å². The molecule has 0 unspecified atom stereocenters. The molecule has 0 aromatic carbocycles. The fourth-order valence-corrected chi connectivity index (χ4v) is 2.13. The number of nitrogens with one attached hydrogen (secondary N) is 1. The highest BCUT2D eigenvalue weighted by atomic mass is 16.2. The molecule has 1 aromatic rings. The van der Waals surface area contributed by atoms with E-state index in [1.165, 1.54) is 19.3 Å². The molecule has 0 atom stereocenters. The quantitative estimate of drug-likeness (QED) is 0.649. The Bertz CT molecular complexity index is 394. The Morgan fingerprint density at radius 2 is 1.89 bits per heavy atom. The van der Waals surface area contributed by atoms with Crippen molar-refractivity contribution in [3.8, 4) is 0 Å². The molecule has 0 bridgehead atoms. The van der Waals surface area contributed by atoms with Gasteiger partial charge in [0.15, 0.2) is 0 Å². The number of anilines is 3. The van der Waals surface area contributed by atoms with Crippen molar-refractivity contribution in [2.24, 2.45) is 0 Å². The first-order valence-corrected chi connectivity index (χ1v) is 6.91. The molecule has 1 fully saturated rings. The number of nitrogens with zero attached hydrogens (tertiary/aromatic N) is 4. The van der Waals surface area contributed by atoms with Gasteiger partial charge < -0.3 is 21.1 Å². The molecule has 1 aliphatic heterocycles. The molecule has 1 saturated heterocycles. The molecule has 1 aliphatic rings. The molecule has 1 aromatic heterocycles. The van der Waals surface area contributed by atoms with E-state index in [2.05, 4.69) is 25.2 Å². The number of aliphatic hydroxyl groups excluding tert-OH is 1. The van der Waals surface area contributed by atoms with Crippen LogP contribution < -0.4 is 16.0 Å². The fraction of sp³-hybridized carbons (Fsp3) is 0.750. The summed E-state index contributed by atoms with van der Waals surface area (Å²) < 4.78 is 0. The first kappa shape index (κ1) is 13.8. The maximum Gasteiger partial charge on any atom is 0.231 e. The third kappa shape index (κ3) is 4.20. The molecule has 7 heteroatoms. The van der Waals surface area contributed by atoms with E-state index < -0.39 is 0 Å². The van der Waals surface area contributed by atoms with E-state index in [9.17, 15) is 0 Å². The Labute approximate surface area is 113 Å². The van der Waals surface area contributed by atoms with Crippen molar-refractivity contribution < 1.29 is 5.11 Å². The largest absolute Gasteiger partial charge is 0.396 e. The molecule has 2 rings (SSSR count). The van der Waals surface area contributed by atoms with Crippen LogP contribution in [0, 0.1) is 0 Å². The lowest BCUT2D eigenvalue weighted by atomic mass is 10.1. The predicted molar refractivity (Wildman–Crippen MR) is 75.1 cm³/mol. The fourth-order valence-electron chi connectivity index (χ4n) is 2.13. The predicted octanol–water partition coefficient (Wildman–Crippen LogP) is 0.628. The van der Waals surface area contributed by atoms with Gasteiger partial charge in [0.2, 0.25) is 17.8 Å². The second-order valence-corrected chi connectivity index (χ2v) is 4.72. The van der Waals surface area contributed by atoms with E-state index in [1.54, 1.807) is 0 Å². The van der Waals surface area contributed by atoms with Crippen LogP contribution in [0.2, 0.25) is 0 Å². The van der Waals surface area contributed by atoms with Gasteiger partial charge in [-0.1, -0.05) is 0 Å². The zero-order valence-electron chi connectivity index (χ0n) is 11.2. The number of aromatic nitrogens is 3. The second kappa shape index (κ2) is 7.08. The standard InChI is InChI=1S/C12H22N6O/c13-10-15-11(14-6-2-5-9-19)17-12(16-10)18-7-3-1-4-8-18/h19H,1-9H2,(H3,13,14,15,16,17). The molecule has 0 amide bonds. The van der Waals surface area contributed by atoms with Gasteiger partial charge in [-0.25, -0.2) is 0 Å². The summed E-state index contributed by atoms with van der Waals surface area (Å²) in [5.74, 6) is 1.43. The van der Waals surface area contributed by atoms with Crippen molar-refractivity contribution in [2.75, 3.05) is 42.2 Å². The molecule has 0 radical (unpaired) electrons. The third-order valence-corrected chi connectivity index (χ3v) is 3.15. The van der Waals surface area contributed by atoms with Crippen molar-refractivity contribution in [1.29, 1.82) is 0 Å². The van der Waals surface area contributed by atoms with E-state index in [0.29, 0.717) is 11.9 Å². The summed E-state index contributed by atoms with van der Waals surface area (Å²) >= 11 is 0. The van der Waals surface area contributed by atoms with Crippen LogP contribution in [-0.2, 0) is 0 Å². The smallest absolute Gasteiger partial charge is 0.231 e. The van der Waals surface area contributed by atoms with Crippen molar-refractivity contribution in [1.82, 2.24) is 15.0 Å². The number of piperidine rings is 1. The highest BCUT2D eigenvalue weighted by Gasteiger charge is 2.15. The zero-order valence-corrected chi connectivity index (χ0v) is 11.2. The molecule has 0 aliphatic carbocycles. The summed E-state index contributed by atoms with van der Waals surface area (Å²) in [4.78, 5) is 14.8. The minimum atomic E-state index is 0.208. The lowest BCUT2D eigenvalue weighted by molar-refractivity contribution is 0.286. The molecule has 19 heavy (non-hydrogen) atoms. The monoisotopic (exact) mass is 266 g/mol. The van der Waals surface area contributed by atoms with E-state index in [0.717, 1.165) is 32.5 Å². The van der Waals surface area contributed by atoms with Gasteiger partial charge in [0.05, 0.1) is 0 Å². The summed E-state index contributed by atoms with van der Waals surface area (Å²) in [5, 5.41) is 11.8. The molecule has 106 valence electrons. The van der Waals surface area contributed by atoms with Crippen LogP contribution in [0.1, 0.15) is 32.1 Å². The normalized spacial score (nSPS) is 15.5. The second-order valence-electron chi connectivity index (χ2n) is 4.72. The van der Waals surface area contributed by atoms with E-state index in [1.807, 2.05) is 0 Å². The number of unbranched alkanes of at least 4 members (excludes halogenated alkanes) is 1. The minimum Gasteiger partial charge on any atom is -0.396 e. The number of hydrogen-bond donors (Lipinski definition) is 3. The van der Waals surface area contributed by atoms with Crippen molar-refractivity contribution in [3.63, 3.8) is 0 Å². The third-order valence-electron chi connectivity index (χ3n) is 3.15. The Kier molecular flexibility index (Phi) is 5.14. The van der Waals surface area contributed by atoms with Crippen LogP contribution in [0.3, 0.4) is 0 Å². The van der Waals surface area contributed by atoms with Crippen LogP contribution in [0.4, 0.5) is 17.8 Å². The van der Waals surface area contributed by atoms with Crippen molar-refractivity contribution in [3.05, 3.63) is 0 Å². The van der Waals surface area contributed by atoms with Gasteiger partial charge in [0, 0.05) is 26.2 Å². The maximum atomic E-state index is 8.73. The molecular formula is C12H22N6O. The summed E-state index contributed by atoms with van der Waals surface area (Å²) in [7, 11) is 0. The lowest BCUT2D eigenvalue weighted by Crippen LogP contribution is -2.31. The van der Waals surface area contributed by atoms with Crippen LogP contribution in [-0.4, -0.2) is 46.3 Å². The summed E-state index contributed by atoms with van der Waals surface area (Å²) in [6.45, 7) is 2.89. The Morgan fingerprint density at radius 1 is 1.11 bits per heavy atom. The average molecular weight is 266 g/mol. The first-order chi connectivity index (χ1) is 9.29. The van der Waals surface area contributed by atoms with Gasteiger partial charge in [0.25, 0.3) is 0 Å². The van der Waals surface area contributed by atoms with E-state index in [-0.39, 0.29) is 12.6 Å². The molecule has 7 nitrogen and oxygen atoms in total. The van der Waals surface area contributed by atoms with Gasteiger partial charge in [-0.05, 0) is 32.1 Å². The van der Waals surface area contributed by atoms with E-state index >= 15 is 0 Å². The SMILES string of the molecule is Nc1nc(NCCCCO)nc(N2CCCCC2)n1. The molecule has 2 heterocycles. The maximum absolute atomic E-state index is 8.73. The van der Waals surface area contributed by atoms with Gasteiger partial charge >= 0.3 is 0 Å². The summed E-state index contributed by atoms with van der Waals surface area (Å²) in [5.41, 5.74) is 5.73. The van der Waals surface area contributed by atoms with Crippen LogP contribution in [0.15, 0.2) is 0 Å². The van der Waals surface area contributed by atoms with Crippen LogP contribution in [0.5, 0.6) is 0 Å². The molecular weight excluding hydrogens is 244 g/mol. The highest BCUT2D eigenvalue weighted by molar-refractivity contribution is 5.42. The highest BCUT2D eigenvalue weighted by Crippen LogP contribution is 2.17. The van der Waals surface area contributed by atoms with Crippen LogP contribution >= 0.6 is 0 Å². The Balaban J connectivity index is 1.97. The average Bonchev–Trinajstić information content (AvgIpc) is 2.44. The summed E-state index contributed by atoms with van der Waals surface area (Å²) in [6.07, 6.45) is 5.26. The number of nitrogens with two attached hydrogens (primary N) is 1. The topological polar surface area (TPSA) is 100 Å². The number of aliphatic hydroxyl groups is 1. The first-order valence-electron chi connectivity index (χ1n) is 6.91. The lowest BCUT2D eigenvalue weighted by Gasteiger charge is -2.26. The minimum absolute atomic E-state index is 0.208. The van der Waals surface area contributed by atoms with Crippen LogP contribution in [0.25, 0.3) is 0 Å². The number of nitrogen functional groups attached to an aromatic ring is 1. The Morgan fingerprint density at radius 3 is 2.63 bits per heavy atom. The van der Waals surface area contributed by atoms with E-state index in [4.69, 9.17) is 10.8 Å². The number of hydrogen-bond acceptors (Lipinski definition) is 7. The molecule has 0 saturated carbocycles. The molecule has 0 spiro atoms. The molecule has 4 N–H and O–H groups in total. The summed E-state index contributed by atoms with van der Waals surface area (Å²) in [6, 6.07) is 0. The van der Waals surface area contributed by atoms with Gasteiger partial charge in [-0.15, -0.1) is 0 Å².